The Hall–Kier alpha value is -1.46. The van der Waals surface area contributed by atoms with Gasteiger partial charge in [0.2, 0.25) is 6.79 Å². The molecule has 0 spiro atoms. The number of aliphatic hydroxyl groups is 1. The average molecular weight is 253 g/mol. The Kier molecular flexibility index (Phi) is 4.66. The number of ether oxygens (including phenoxy) is 3. The van der Waals surface area contributed by atoms with Crippen LogP contribution >= 0.6 is 0 Å². The number of likely N-dealkylation sites (N-methyl/N-ethyl adjacent to an activating group) is 1. The van der Waals surface area contributed by atoms with Gasteiger partial charge in [0.05, 0.1) is 0 Å². The summed E-state index contributed by atoms with van der Waals surface area (Å²) in [5.41, 5.74) is 0. The topological polar surface area (TPSA) is 60.0 Å². The maximum Gasteiger partial charge on any atom is 0.231 e. The fourth-order valence-electron chi connectivity index (χ4n) is 1.85. The van der Waals surface area contributed by atoms with Crippen LogP contribution in [-0.2, 0) is 0 Å². The van der Waals surface area contributed by atoms with Gasteiger partial charge in [0.15, 0.2) is 11.5 Å². The van der Waals surface area contributed by atoms with Crippen LogP contribution in [0.5, 0.6) is 17.2 Å². The molecule has 1 atom stereocenters. The summed E-state index contributed by atoms with van der Waals surface area (Å²) in [5, 5.41) is 12.2. The smallest absolute Gasteiger partial charge is 0.231 e. The minimum Gasteiger partial charge on any atom is -0.492 e. The van der Waals surface area contributed by atoms with E-state index < -0.39 is 0 Å². The first kappa shape index (κ1) is 13.0. The molecular formula is C13H19NO4. The first-order valence-electron chi connectivity index (χ1n) is 6.20. The van der Waals surface area contributed by atoms with Crippen LogP contribution in [0, 0.1) is 0 Å². The molecule has 0 fully saturated rings. The second kappa shape index (κ2) is 6.47. The van der Waals surface area contributed by atoms with Gasteiger partial charge in [-0.2, -0.15) is 0 Å². The van der Waals surface area contributed by atoms with E-state index in [0.29, 0.717) is 13.0 Å². The monoisotopic (exact) mass is 253 g/mol. The molecule has 1 aliphatic heterocycles. The van der Waals surface area contributed by atoms with Gasteiger partial charge in [-0.15, -0.1) is 0 Å². The predicted molar refractivity (Wildman–Crippen MR) is 67.2 cm³/mol. The summed E-state index contributed by atoms with van der Waals surface area (Å²) in [6.45, 7) is 3.83. The van der Waals surface area contributed by atoms with Crippen molar-refractivity contribution in [2.45, 2.75) is 19.4 Å². The normalized spacial score (nSPS) is 14.6. The van der Waals surface area contributed by atoms with E-state index in [1.165, 1.54) is 0 Å². The molecule has 0 saturated carbocycles. The molecule has 100 valence electrons. The van der Waals surface area contributed by atoms with Gasteiger partial charge in [-0.25, -0.2) is 0 Å². The molecule has 18 heavy (non-hydrogen) atoms. The summed E-state index contributed by atoms with van der Waals surface area (Å²) in [7, 11) is 0. The number of rotatable bonds is 7. The van der Waals surface area contributed by atoms with Crippen molar-refractivity contribution in [2.24, 2.45) is 0 Å². The molecule has 1 aromatic carbocycles. The van der Waals surface area contributed by atoms with Crippen LogP contribution in [-0.4, -0.2) is 37.7 Å². The lowest BCUT2D eigenvalue weighted by molar-refractivity contribution is 0.173. The lowest BCUT2D eigenvalue weighted by atomic mass is 10.2. The van der Waals surface area contributed by atoms with Crippen LogP contribution in [0.25, 0.3) is 0 Å². The quantitative estimate of drug-likeness (QED) is 0.763. The number of aliphatic hydroxyl groups excluding tert-OH is 1. The molecule has 0 aromatic heterocycles. The van der Waals surface area contributed by atoms with Crippen LogP contribution in [0.3, 0.4) is 0 Å². The predicted octanol–water partition coefficient (Wildman–Crippen LogP) is 1.15. The van der Waals surface area contributed by atoms with Gasteiger partial charge in [0, 0.05) is 18.7 Å². The molecule has 5 nitrogen and oxygen atoms in total. The molecule has 1 unspecified atom stereocenters. The van der Waals surface area contributed by atoms with Crippen LogP contribution in [0.1, 0.15) is 13.3 Å². The van der Waals surface area contributed by atoms with Gasteiger partial charge in [0.1, 0.15) is 12.4 Å². The highest BCUT2D eigenvalue weighted by Gasteiger charge is 2.14. The Morgan fingerprint density at radius 3 is 3.00 bits per heavy atom. The van der Waals surface area contributed by atoms with Crippen molar-refractivity contribution in [3.8, 4) is 17.2 Å². The van der Waals surface area contributed by atoms with E-state index in [2.05, 4.69) is 5.32 Å². The fourth-order valence-corrected chi connectivity index (χ4v) is 1.85. The molecule has 1 aliphatic rings. The van der Waals surface area contributed by atoms with Gasteiger partial charge in [-0.1, -0.05) is 6.92 Å². The third-order valence-corrected chi connectivity index (χ3v) is 2.77. The number of benzene rings is 1. The molecule has 0 bridgehead atoms. The van der Waals surface area contributed by atoms with Crippen LogP contribution < -0.4 is 19.5 Å². The minimum absolute atomic E-state index is 0.155. The van der Waals surface area contributed by atoms with Crippen molar-refractivity contribution in [1.29, 1.82) is 0 Å². The Morgan fingerprint density at radius 2 is 2.22 bits per heavy atom. The van der Waals surface area contributed by atoms with Crippen LogP contribution in [0.4, 0.5) is 0 Å². The molecule has 1 heterocycles. The van der Waals surface area contributed by atoms with Crippen molar-refractivity contribution in [2.75, 3.05) is 26.6 Å². The van der Waals surface area contributed by atoms with Gasteiger partial charge in [0.25, 0.3) is 0 Å². The first-order valence-corrected chi connectivity index (χ1v) is 6.20. The highest BCUT2D eigenvalue weighted by molar-refractivity contribution is 5.46. The first-order chi connectivity index (χ1) is 8.83. The minimum atomic E-state index is 0.155. The van der Waals surface area contributed by atoms with E-state index in [0.717, 1.165) is 23.8 Å². The summed E-state index contributed by atoms with van der Waals surface area (Å²) in [4.78, 5) is 0. The molecule has 0 aliphatic carbocycles. The van der Waals surface area contributed by atoms with Crippen LogP contribution in [0.15, 0.2) is 18.2 Å². The Morgan fingerprint density at radius 1 is 1.39 bits per heavy atom. The molecule has 0 radical (unpaired) electrons. The Labute approximate surface area is 107 Å². The van der Waals surface area contributed by atoms with Crippen molar-refractivity contribution in [3.63, 3.8) is 0 Å². The Balaban J connectivity index is 1.88. The van der Waals surface area contributed by atoms with E-state index in [4.69, 9.17) is 19.3 Å². The fraction of sp³-hybridized carbons (Fsp3) is 0.538. The number of hydrogen-bond acceptors (Lipinski definition) is 5. The molecule has 0 amide bonds. The molecule has 2 rings (SSSR count). The van der Waals surface area contributed by atoms with E-state index in [1.54, 1.807) is 0 Å². The van der Waals surface area contributed by atoms with Crippen molar-refractivity contribution in [1.82, 2.24) is 5.32 Å². The number of hydrogen-bond donors (Lipinski definition) is 2. The SMILES string of the molecule is CCNC(CCO)COc1ccc2c(c1)OCO2. The summed E-state index contributed by atoms with van der Waals surface area (Å²) >= 11 is 0. The summed E-state index contributed by atoms with van der Waals surface area (Å²) in [6, 6.07) is 5.68. The summed E-state index contributed by atoms with van der Waals surface area (Å²) in [6.07, 6.45) is 0.679. The van der Waals surface area contributed by atoms with Gasteiger partial charge < -0.3 is 24.6 Å². The summed E-state index contributed by atoms with van der Waals surface area (Å²) in [5.74, 6) is 2.22. The Bertz CT molecular complexity index is 377. The average Bonchev–Trinajstić information content (AvgIpc) is 2.84. The standard InChI is InChI=1S/C13H19NO4/c1-2-14-10(5-6-15)8-16-11-3-4-12-13(7-11)18-9-17-12/h3-4,7,10,14-15H,2,5-6,8-9H2,1H3. The van der Waals surface area contributed by atoms with Crippen molar-refractivity contribution < 1.29 is 19.3 Å². The van der Waals surface area contributed by atoms with Crippen LogP contribution in [0.2, 0.25) is 0 Å². The zero-order valence-corrected chi connectivity index (χ0v) is 10.5. The van der Waals surface area contributed by atoms with E-state index in [-0.39, 0.29) is 19.4 Å². The van der Waals surface area contributed by atoms with Crippen molar-refractivity contribution in [3.05, 3.63) is 18.2 Å². The molecule has 0 saturated heterocycles. The lowest BCUT2D eigenvalue weighted by Gasteiger charge is -2.17. The van der Waals surface area contributed by atoms with E-state index in [9.17, 15) is 0 Å². The van der Waals surface area contributed by atoms with Gasteiger partial charge >= 0.3 is 0 Å². The third kappa shape index (κ3) is 3.27. The molecule has 5 heteroatoms. The molecule has 1 aromatic rings. The largest absolute Gasteiger partial charge is 0.492 e. The number of nitrogens with one attached hydrogen (secondary N) is 1. The van der Waals surface area contributed by atoms with E-state index >= 15 is 0 Å². The van der Waals surface area contributed by atoms with Crippen molar-refractivity contribution >= 4 is 0 Å². The lowest BCUT2D eigenvalue weighted by Crippen LogP contribution is -2.35. The van der Waals surface area contributed by atoms with E-state index in [1.807, 2.05) is 25.1 Å². The highest BCUT2D eigenvalue weighted by atomic mass is 16.7. The molecule has 2 N–H and O–H groups in total. The number of fused-ring (bicyclic) bond motifs is 1. The van der Waals surface area contributed by atoms with Gasteiger partial charge in [-0.05, 0) is 25.1 Å². The van der Waals surface area contributed by atoms with Gasteiger partial charge in [-0.3, -0.25) is 0 Å². The molecular weight excluding hydrogens is 234 g/mol. The zero-order valence-electron chi connectivity index (χ0n) is 10.5. The zero-order chi connectivity index (χ0) is 12.8. The second-order valence-electron chi connectivity index (χ2n) is 4.09. The second-order valence-corrected chi connectivity index (χ2v) is 4.09. The maximum atomic E-state index is 8.96. The summed E-state index contributed by atoms with van der Waals surface area (Å²) < 4.78 is 16.2. The highest BCUT2D eigenvalue weighted by Crippen LogP contribution is 2.35. The maximum absolute atomic E-state index is 8.96. The third-order valence-electron chi connectivity index (χ3n) is 2.77.